The van der Waals surface area contributed by atoms with E-state index in [0.717, 1.165) is 12.8 Å². The highest BCUT2D eigenvalue weighted by Crippen LogP contribution is 2.13. The van der Waals surface area contributed by atoms with Gasteiger partial charge in [-0.3, -0.25) is 4.79 Å². The summed E-state index contributed by atoms with van der Waals surface area (Å²) in [6, 6.07) is 0. The van der Waals surface area contributed by atoms with Crippen molar-refractivity contribution in [2.45, 2.75) is 103 Å². The Morgan fingerprint density at radius 1 is 0.700 bits per heavy atom. The van der Waals surface area contributed by atoms with Crippen LogP contribution in [0.15, 0.2) is 12.2 Å². The lowest BCUT2D eigenvalue weighted by atomic mass is 10.0. The van der Waals surface area contributed by atoms with Gasteiger partial charge < -0.3 is 0 Å². The minimum Gasteiger partial charge on any atom is -0.285 e. The molecule has 0 atom stereocenters. The van der Waals surface area contributed by atoms with E-state index in [4.69, 9.17) is 0 Å². The Kier molecular flexibility index (Phi) is 16.0. The average Bonchev–Trinajstić information content (AvgIpc) is 2.47. The van der Waals surface area contributed by atoms with Crippen molar-refractivity contribution in [1.29, 1.82) is 0 Å². The molecule has 0 aliphatic rings. The van der Waals surface area contributed by atoms with Crippen LogP contribution < -0.4 is 0 Å². The molecule has 0 aromatic carbocycles. The number of rotatable bonds is 16. The molecule has 0 unspecified atom stereocenters. The molecular weight excluding hydrogens is 244 g/mol. The lowest BCUT2D eigenvalue weighted by Crippen LogP contribution is -1.85. The smallest absolute Gasteiger partial charge is 0.228 e. The van der Waals surface area contributed by atoms with Gasteiger partial charge in [0.05, 0.1) is 0 Å². The van der Waals surface area contributed by atoms with Crippen molar-refractivity contribution >= 4 is 6.29 Å². The van der Waals surface area contributed by atoms with Crippen LogP contribution in [0.3, 0.4) is 0 Å². The molecule has 1 heteroatoms. The standard InChI is InChI=1S/C19H35O/c1-3-4-5-6-7-8-9-10-11-12-13-14-15-16-17-19(2)18-20/h2-17H2,1H3. The van der Waals surface area contributed by atoms with Gasteiger partial charge in [0.1, 0.15) is 0 Å². The summed E-state index contributed by atoms with van der Waals surface area (Å²) in [4.78, 5) is 10.2. The first-order chi connectivity index (χ1) is 9.81. The monoisotopic (exact) mass is 279 g/mol. The van der Waals surface area contributed by atoms with Crippen molar-refractivity contribution in [1.82, 2.24) is 0 Å². The van der Waals surface area contributed by atoms with E-state index < -0.39 is 0 Å². The number of carbonyl (C=O) groups excluding carboxylic acids is 1. The van der Waals surface area contributed by atoms with Crippen molar-refractivity contribution in [3.8, 4) is 0 Å². The molecule has 1 nitrogen and oxygen atoms in total. The van der Waals surface area contributed by atoms with Crippen molar-refractivity contribution in [2.75, 3.05) is 0 Å². The summed E-state index contributed by atoms with van der Waals surface area (Å²) in [6.45, 7) is 5.92. The minimum atomic E-state index is 0.629. The fraction of sp³-hybridized carbons (Fsp3) is 0.842. The summed E-state index contributed by atoms with van der Waals surface area (Å²) in [5, 5.41) is 0. The second-order valence-electron chi connectivity index (χ2n) is 6.05. The summed E-state index contributed by atoms with van der Waals surface area (Å²) in [5.74, 6) is 0. The Morgan fingerprint density at radius 2 is 1.05 bits per heavy atom. The van der Waals surface area contributed by atoms with E-state index in [9.17, 15) is 4.79 Å². The molecule has 0 aromatic rings. The van der Waals surface area contributed by atoms with Crippen LogP contribution in [0.1, 0.15) is 103 Å². The predicted molar refractivity (Wildman–Crippen MR) is 89.8 cm³/mol. The van der Waals surface area contributed by atoms with E-state index in [1.807, 2.05) is 6.29 Å². The van der Waals surface area contributed by atoms with Crippen molar-refractivity contribution in [3.05, 3.63) is 12.2 Å². The van der Waals surface area contributed by atoms with Gasteiger partial charge in [-0.2, -0.15) is 0 Å². The first-order valence-corrected chi connectivity index (χ1v) is 8.87. The molecule has 0 N–H and O–H groups in total. The van der Waals surface area contributed by atoms with Crippen LogP contribution in [0, 0.1) is 0 Å². The zero-order valence-corrected chi connectivity index (χ0v) is 13.7. The molecule has 0 aliphatic heterocycles. The van der Waals surface area contributed by atoms with Crippen molar-refractivity contribution in [2.24, 2.45) is 0 Å². The highest BCUT2D eigenvalue weighted by molar-refractivity contribution is 5.72. The molecule has 0 saturated heterocycles. The molecule has 0 bridgehead atoms. The molecular formula is C19H35O. The molecule has 0 rings (SSSR count). The lowest BCUT2D eigenvalue weighted by molar-refractivity contribution is 0.534. The van der Waals surface area contributed by atoms with Crippen LogP contribution in [0.2, 0.25) is 0 Å². The van der Waals surface area contributed by atoms with Gasteiger partial charge in [0.15, 0.2) is 0 Å². The van der Waals surface area contributed by atoms with Crippen molar-refractivity contribution in [3.63, 3.8) is 0 Å². The largest absolute Gasteiger partial charge is 0.285 e. The maximum absolute atomic E-state index is 10.2. The maximum Gasteiger partial charge on any atom is 0.228 e. The topological polar surface area (TPSA) is 17.1 Å². The third-order valence-electron chi connectivity index (χ3n) is 3.98. The molecule has 0 saturated carbocycles. The molecule has 0 amide bonds. The maximum atomic E-state index is 10.2. The normalized spacial score (nSPS) is 10.7. The van der Waals surface area contributed by atoms with Gasteiger partial charge in [0, 0.05) is 0 Å². The molecule has 0 fully saturated rings. The van der Waals surface area contributed by atoms with Gasteiger partial charge in [0.2, 0.25) is 6.29 Å². The van der Waals surface area contributed by atoms with E-state index in [1.54, 1.807) is 0 Å². The van der Waals surface area contributed by atoms with Gasteiger partial charge in [-0.15, -0.1) is 0 Å². The third kappa shape index (κ3) is 15.5. The quantitative estimate of drug-likeness (QED) is 0.232. The molecule has 0 heterocycles. The summed E-state index contributed by atoms with van der Waals surface area (Å²) in [6.07, 6.45) is 21.9. The Hall–Kier alpha value is -0.590. The van der Waals surface area contributed by atoms with Crippen LogP contribution in [-0.4, -0.2) is 6.29 Å². The number of hydrogen-bond donors (Lipinski definition) is 0. The third-order valence-corrected chi connectivity index (χ3v) is 3.98. The molecule has 117 valence electrons. The summed E-state index contributed by atoms with van der Waals surface area (Å²) < 4.78 is 0. The lowest BCUT2D eigenvalue weighted by Gasteiger charge is -2.03. The Bertz CT molecular complexity index is 220. The Balaban J connectivity index is 2.99. The van der Waals surface area contributed by atoms with E-state index in [2.05, 4.69) is 13.5 Å². The summed E-state index contributed by atoms with van der Waals surface area (Å²) in [5.41, 5.74) is 0.629. The summed E-state index contributed by atoms with van der Waals surface area (Å²) in [7, 11) is 0. The van der Waals surface area contributed by atoms with E-state index >= 15 is 0 Å². The minimum absolute atomic E-state index is 0.629. The zero-order chi connectivity index (χ0) is 14.9. The first kappa shape index (κ1) is 19.4. The van der Waals surface area contributed by atoms with Crippen LogP contribution in [0.25, 0.3) is 0 Å². The van der Waals surface area contributed by atoms with E-state index in [-0.39, 0.29) is 0 Å². The zero-order valence-electron chi connectivity index (χ0n) is 13.7. The van der Waals surface area contributed by atoms with Crippen molar-refractivity contribution < 1.29 is 4.79 Å². The fourth-order valence-corrected chi connectivity index (χ4v) is 2.58. The number of hydrogen-bond acceptors (Lipinski definition) is 1. The first-order valence-electron chi connectivity index (χ1n) is 8.87. The van der Waals surface area contributed by atoms with Crippen LogP contribution in [0.5, 0.6) is 0 Å². The second-order valence-corrected chi connectivity index (χ2v) is 6.05. The van der Waals surface area contributed by atoms with Gasteiger partial charge in [-0.1, -0.05) is 97.0 Å². The predicted octanol–water partition coefficient (Wildman–Crippen LogP) is 6.52. The van der Waals surface area contributed by atoms with Crippen LogP contribution in [0.4, 0.5) is 0 Å². The number of allylic oxidation sites excluding steroid dienone is 1. The fourth-order valence-electron chi connectivity index (χ4n) is 2.58. The molecule has 1 radical (unpaired) electrons. The molecule has 0 aliphatic carbocycles. The molecule has 0 spiro atoms. The average molecular weight is 279 g/mol. The molecule has 20 heavy (non-hydrogen) atoms. The SMILES string of the molecule is C=C([C]=O)CCCCCCCCCCCCCCCC. The van der Waals surface area contributed by atoms with E-state index in [1.165, 1.54) is 83.5 Å². The van der Waals surface area contributed by atoms with E-state index in [0.29, 0.717) is 5.57 Å². The number of unbranched alkanes of at least 4 members (excludes halogenated alkanes) is 13. The Morgan fingerprint density at radius 3 is 1.40 bits per heavy atom. The van der Waals surface area contributed by atoms with Gasteiger partial charge in [-0.05, 0) is 18.4 Å². The van der Waals surface area contributed by atoms with Crippen LogP contribution >= 0.6 is 0 Å². The van der Waals surface area contributed by atoms with Gasteiger partial charge in [0.25, 0.3) is 0 Å². The second kappa shape index (κ2) is 16.5. The summed E-state index contributed by atoms with van der Waals surface area (Å²) >= 11 is 0. The molecule has 0 aromatic heterocycles. The Labute approximate surface area is 127 Å². The van der Waals surface area contributed by atoms with Crippen LogP contribution in [-0.2, 0) is 4.79 Å². The van der Waals surface area contributed by atoms with Gasteiger partial charge in [-0.25, -0.2) is 0 Å². The van der Waals surface area contributed by atoms with Gasteiger partial charge >= 0.3 is 0 Å². The highest BCUT2D eigenvalue weighted by Gasteiger charge is 1.95. The highest BCUT2D eigenvalue weighted by atomic mass is 16.1.